The van der Waals surface area contributed by atoms with E-state index in [0.29, 0.717) is 0 Å². The lowest BCUT2D eigenvalue weighted by molar-refractivity contribution is 0.400. The second kappa shape index (κ2) is 4.45. The van der Waals surface area contributed by atoms with Crippen LogP contribution in [0, 0.1) is 0 Å². The highest BCUT2D eigenvalue weighted by atomic mass is 15.0. The van der Waals surface area contributed by atoms with Crippen LogP contribution in [0.3, 0.4) is 0 Å². The standard InChI is InChI=1S/C12H17N3/c1-15(2)7-3-4-10-5-6-11-12(8-10)14-9-13-11/h5-6,8-9H,3-4,7H2,1-2H3,(H,13,14). The summed E-state index contributed by atoms with van der Waals surface area (Å²) in [5.74, 6) is 0. The van der Waals surface area contributed by atoms with E-state index >= 15 is 0 Å². The van der Waals surface area contributed by atoms with Crippen LogP contribution in [0.1, 0.15) is 12.0 Å². The third-order valence-corrected chi connectivity index (χ3v) is 2.56. The predicted octanol–water partition coefficient (Wildman–Crippen LogP) is 2.06. The van der Waals surface area contributed by atoms with Crippen molar-refractivity contribution in [3.8, 4) is 0 Å². The Morgan fingerprint density at radius 1 is 1.33 bits per heavy atom. The Labute approximate surface area is 90.1 Å². The number of aryl methyl sites for hydroxylation is 1. The number of benzene rings is 1. The molecule has 0 saturated carbocycles. The van der Waals surface area contributed by atoms with Gasteiger partial charge in [-0.1, -0.05) is 6.07 Å². The number of hydrogen-bond donors (Lipinski definition) is 1. The van der Waals surface area contributed by atoms with E-state index in [-0.39, 0.29) is 0 Å². The van der Waals surface area contributed by atoms with Crippen molar-refractivity contribution in [2.45, 2.75) is 12.8 Å². The Morgan fingerprint density at radius 3 is 3.00 bits per heavy atom. The van der Waals surface area contributed by atoms with Crippen molar-refractivity contribution in [1.82, 2.24) is 14.9 Å². The first-order valence-corrected chi connectivity index (χ1v) is 5.32. The van der Waals surface area contributed by atoms with Gasteiger partial charge >= 0.3 is 0 Å². The van der Waals surface area contributed by atoms with Gasteiger partial charge in [0.25, 0.3) is 0 Å². The fourth-order valence-electron chi connectivity index (χ4n) is 1.74. The molecule has 0 aliphatic rings. The second-order valence-corrected chi connectivity index (χ2v) is 4.16. The van der Waals surface area contributed by atoms with Gasteiger partial charge in [0.05, 0.1) is 17.4 Å². The molecule has 0 spiro atoms. The maximum atomic E-state index is 4.20. The monoisotopic (exact) mass is 203 g/mol. The molecule has 0 fully saturated rings. The van der Waals surface area contributed by atoms with E-state index in [1.165, 1.54) is 12.0 Å². The highest BCUT2D eigenvalue weighted by molar-refractivity contribution is 5.74. The van der Waals surface area contributed by atoms with Gasteiger partial charge in [-0.2, -0.15) is 0 Å². The minimum absolute atomic E-state index is 1.05. The summed E-state index contributed by atoms with van der Waals surface area (Å²) in [6.45, 7) is 1.14. The van der Waals surface area contributed by atoms with Crippen molar-refractivity contribution in [1.29, 1.82) is 0 Å². The number of nitrogens with zero attached hydrogens (tertiary/aromatic N) is 2. The quantitative estimate of drug-likeness (QED) is 0.824. The second-order valence-electron chi connectivity index (χ2n) is 4.16. The Kier molecular flexibility index (Phi) is 3.02. The van der Waals surface area contributed by atoms with Gasteiger partial charge in [0, 0.05) is 0 Å². The van der Waals surface area contributed by atoms with Crippen LogP contribution in [0.15, 0.2) is 24.5 Å². The zero-order valence-electron chi connectivity index (χ0n) is 9.33. The first-order valence-electron chi connectivity index (χ1n) is 5.32. The lowest BCUT2D eigenvalue weighted by Crippen LogP contribution is -2.13. The summed E-state index contributed by atoms with van der Waals surface area (Å²) in [7, 11) is 4.22. The molecule has 0 bridgehead atoms. The SMILES string of the molecule is CN(C)CCCc1ccc2nc[nH]c2c1. The maximum absolute atomic E-state index is 4.20. The van der Waals surface area contributed by atoms with E-state index in [0.717, 1.165) is 24.0 Å². The third-order valence-electron chi connectivity index (χ3n) is 2.56. The van der Waals surface area contributed by atoms with E-state index < -0.39 is 0 Å². The number of nitrogens with one attached hydrogen (secondary N) is 1. The number of rotatable bonds is 4. The molecule has 3 heteroatoms. The largest absolute Gasteiger partial charge is 0.345 e. The summed E-state index contributed by atoms with van der Waals surface area (Å²) < 4.78 is 0. The minimum Gasteiger partial charge on any atom is -0.345 e. The van der Waals surface area contributed by atoms with Gasteiger partial charge in [-0.05, 0) is 51.2 Å². The fourth-order valence-corrected chi connectivity index (χ4v) is 1.74. The van der Waals surface area contributed by atoms with Crippen molar-refractivity contribution in [2.24, 2.45) is 0 Å². The minimum atomic E-state index is 1.05. The molecule has 3 nitrogen and oxygen atoms in total. The van der Waals surface area contributed by atoms with Gasteiger partial charge in [-0.15, -0.1) is 0 Å². The van der Waals surface area contributed by atoms with Crippen molar-refractivity contribution in [3.63, 3.8) is 0 Å². The van der Waals surface area contributed by atoms with Crippen LogP contribution in [0.2, 0.25) is 0 Å². The number of aromatic nitrogens is 2. The summed E-state index contributed by atoms with van der Waals surface area (Å²) in [5.41, 5.74) is 3.57. The molecule has 1 heterocycles. The van der Waals surface area contributed by atoms with Gasteiger partial charge < -0.3 is 9.88 Å². The number of aromatic amines is 1. The molecule has 0 aliphatic heterocycles. The molecule has 0 atom stereocenters. The first-order chi connectivity index (χ1) is 7.25. The van der Waals surface area contributed by atoms with Gasteiger partial charge in [-0.25, -0.2) is 4.98 Å². The number of fused-ring (bicyclic) bond motifs is 1. The van der Waals surface area contributed by atoms with Crippen molar-refractivity contribution < 1.29 is 0 Å². The Hall–Kier alpha value is -1.35. The summed E-state index contributed by atoms with van der Waals surface area (Å²) in [6, 6.07) is 6.44. The Morgan fingerprint density at radius 2 is 2.20 bits per heavy atom. The average Bonchev–Trinajstić information content (AvgIpc) is 2.64. The molecule has 0 amide bonds. The van der Waals surface area contributed by atoms with E-state index in [4.69, 9.17) is 0 Å². The van der Waals surface area contributed by atoms with Crippen LogP contribution in [0.5, 0.6) is 0 Å². The summed E-state index contributed by atoms with van der Waals surface area (Å²) in [6.07, 6.45) is 4.08. The highest BCUT2D eigenvalue weighted by Crippen LogP contribution is 2.12. The Bertz CT molecular complexity index is 431. The molecule has 80 valence electrons. The summed E-state index contributed by atoms with van der Waals surface area (Å²) in [4.78, 5) is 9.56. The van der Waals surface area contributed by atoms with Gasteiger partial charge in [0.15, 0.2) is 0 Å². The molecular weight excluding hydrogens is 186 g/mol. The zero-order chi connectivity index (χ0) is 10.7. The van der Waals surface area contributed by atoms with E-state index in [9.17, 15) is 0 Å². The van der Waals surface area contributed by atoms with Crippen molar-refractivity contribution in [3.05, 3.63) is 30.1 Å². The molecule has 2 aromatic rings. The molecule has 2 rings (SSSR count). The smallest absolute Gasteiger partial charge is 0.0931 e. The zero-order valence-corrected chi connectivity index (χ0v) is 9.33. The molecule has 0 radical (unpaired) electrons. The maximum Gasteiger partial charge on any atom is 0.0931 e. The van der Waals surface area contributed by atoms with Crippen LogP contribution >= 0.6 is 0 Å². The van der Waals surface area contributed by atoms with Gasteiger partial charge in [0.1, 0.15) is 0 Å². The first kappa shape index (κ1) is 10.2. The summed E-state index contributed by atoms with van der Waals surface area (Å²) >= 11 is 0. The fraction of sp³-hybridized carbons (Fsp3) is 0.417. The predicted molar refractivity (Wildman–Crippen MR) is 63.0 cm³/mol. The van der Waals surface area contributed by atoms with E-state index in [2.05, 4.69) is 47.2 Å². The van der Waals surface area contributed by atoms with Crippen molar-refractivity contribution in [2.75, 3.05) is 20.6 Å². The number of imidazole rings is 1. The highest BCUT2D eigenvalue weighted by Gasteiger charge is 1.98. The van der Waals surface area contributed by atoms with Crippen LogP contribution < -0.4 is 0 Å². The molecule has 0 unspecified atom stereocenters. The average molecular weight is 203 g/mol. The normalized spacial score (nSPS) is 11.4. The molecule has 1 aromatic carbocycles. The van der Waals surface area contributed by atoms with E-state index in [1.54, 1.807) is 6.33 Å². The van der Waals surface area contributed by atoms with Crippen molar-refractivity contribution >= 4 is 11.0 Å². The molecule has 0 aliphatic carbocycles. The lowest BCUT2D eigenvalue weighted by Gasteiger charge is -2.08. The molecule has 1 N–H and O–H groups in total. The van der Waals surface area contributed by atoms with Crippen LogP contribution in [-0.4, -0.2) is 35.5 Å². The summed E-state index contributed by atoms with van der Waals surface area (Å²) in [5, 5.41) is 0. The van der Waals surface area contributed by atoms with Gasteiger partial charge in [-0.3, -0.25) is 0 Å². The molecular formula is C12H17N3. The van der Waals surface area contributed by atoms with Gasteiger partial charge in [0.2, 0.25) is 0 Å². The third kappa shape index (κ3) is 2.57. The molecule has 1 aromatic heterocycles. The number of hydrogen-bond acceptors (Lipinski definition) is 2. The van der Waals surface area contributed by atoms with Crippen LogP contribution in [-0.2, 0) is 6.42 Å². The van der Waals surface area contributed by atoms with E-state index in [1.807, 2.05) is 0 Å². The molecule has 15 heavy (non-hydrogen) atoms. The topological polar surface area (TPSA) is 31.9 Å². The van der Waals surface area contributed by atoms with Crippen LogP contribution in [0.4, 0.5) is 0 Å². The lowest BCUT2D eigenvalue weighted by atomic mass is 10.1. The van der Waals surface area contributed by atoms with Crippen LogP contribution in [0.25, 0.3) is 11.0 Å². The number of H-pyrrole nitrogens is 1. The molecule has 0 saturated heterocycles. The Balaban J connectivity index is 2.02.